The molecule has 0 amide bonds. The van der Waals surface area contributed by atoms with Gasteiger partial charge in [-0.1, -0.05) is 32.9 Å². The third kappa shape index (κ3) is 2.65. The monoisotopic (exact) mass is 290 g/mol. The third-order valence-corrected chi connectivity index (χ3v) is 4.13. The highest BCUT2D eigenvalue weighted by Gasteiger charge is 2.38. The number of carbonyl (C=O) groups is 1. The Bertz CT molecular complexity index is 697. The second-order valence-electron chi connectivity index (χ2n) is 5.79. The van der Waals surface area contributed by atoms with Crippen molar-refractivity contribution in [1.29, 1.82) is 0 Å². The first-order valence-corrected chi connectivity index (χ1v) is 7.15. The Hall–Kier alpha value is -1.88. The maximum Gasteiger partial charge on any atom is 0.326 e. The Morgan fingerprint density at radius 2 is 2.05 bits per heavy atom. The van der Waals surface area contributed by atoms with Crippen molar-refractivity contribution in [2.24, 2.45) is 5.41 Å². The van der Waals surface area contributed by atoms with Gasteiger partial charge in [-0.15, -0.1) is 0 Å². The summed E-state index contributed by atoms with van der Waals surface area (Å²) in [5, 5.41) is 0. The van der Waals surface area contributed by atoms with Gasteiger partial charge >= 0.3 is 5.69 Å². The average Bonchev–Trinajstić information content (AvgIpc) is 2.79. The van der Waals surface area contributed by atoms with Gasteiger partial charge < -0.3 is 9.72 Å². The van der Waals surface area contributed by atoms with E-state index in [0.717, 1.165) is 11.0 Å². The first-order chi connectivity index (χ1) is 9.93. The van der Waals surface area contributed by atoms with Gasteiger partial charge in [0.15, 0.2) is 0 Å². The average molecular weight is 290 g/mol. The Kier molecular flexibility index (Phi) is 4.32. The highest BCUT2D eigenvalue weighted by Crippen LogP contribution is 2.34. The molecule has 5 nitrogen and oxygen atoms in total. The van der Waals surface area contributed by atoms with Crippen molar-refractivity contribution >= 4 is 16.8 Å². The van der Waals surface area contributed by atoms with Crippen molar-refractivity contribution in [2.75, 3.05) is 13.7 Å². The molecule has 5 heteroatoms. The molecule has 1 aromatic carbocycles. The largest absolute Gasteiger partial charge is 0.382 e. The SMILES string of the molecule is CCC(=O)C(C)(C)C(COC)n1c(=O)[nH]c2ccccc21. The van der Waals surface area contributed by atoms with Gasteiger partial charge in [0.05, 0.1) is 23.7 Å². The van der Waals surface area contributed by atoms with Crippen molar-refractivity contribution in [3.63, 3.8) is 0 Å². The van der Waals surface area contributed by atoms with Crippen LogP contribution in [0.5, 0.6) is 0 Å². The standard InChI is InChI=1S/C16H22N2O3/c1-5-14(19)16(2,3)13(10-21-4)18-12-9-7-6-8-11(12)17-15(18)20/h6-9,13H,5,10H2,1-4H3,(H,17,20). The van der Waals surface area contributed by atoms with E-state index in [1.807, 2.05) is 45.0 Å². The number of aromatic nitrogens is 2. The molecule has 0 radical (unpaired) electrons. The molecule has 0 saturated heterocycles. The Balaban J connectivity index is 2.63. The van der Waals surface area contributed by atoms with Crippen LogP contribution < -0.4 is 5.69 Å². The summed E-state index contributed by atoms with van der Waals surface area (Å²) in [6.07, 6.45) is 0.435. The number of Topliss-reactive ketones (excluding diaryl/α,β-unsaturated/α-hetero) is 1. The Morgan fingerprint density at radius 3 is 2.67 bits per heavy atom. The third-order valence-electron chi connectivity index (χ3n) is 4.13. The number of H-pyrrole nitrogens is 1. The predicted octanol–water partition coefficient (Wildman–Crippen LogP) is 2.52. The summed E-state index contributed by atoms with van der Waals surface area (Å²) < 4.78 is 6.93. The summed E-state index contributed by atoms with van der Waals surface area (Å²) >= 11 is 0. The zero-order valence-corrected chi connectivity index (χ0v) is 13.0. The summed E-state index contributed by atoms with van der Waals surface area (Å²) in [4.78, 5) is 27.5. The molecule has 1 atom stereocenters. The van der Waals surface area contributed by atoms with Crippen molar-refractivity contribution < 1.29 is 9.53 Å². The molecule has 0 aliphatic carbocycles. The second-order valence-corrected chi connectivity index (χ2v) is 5.79. The molecule has 0 bridgehead atoms. The van der Waals surface area contributed by atoms with E-state index >= 15 is 0 Å². The number of ether oxygens (including phenoxy) is 1. The Morgan fingerprint density at radius 1 is 1.38 bits per heavy atom. The van der Waals surface area contributed by atoms with E-state index in [2.05, 4.69) is 4.98 Å². The van der Waals surface area contributed by atoms with Crippen molar-refractivity contribution in [2.45, 2.75) is 33.2 Å². The summed E-state index contributed by atoms with van der Waals surface area (Å²) in [6, 6.07) is 7.13. The molecule has 21 heavy (non-hydrogen) atoms. The van der Waals surface area contributed by atoms with Crippen molar-refractivity contribution in [1.82, 2.24) is 9.55 Å². The number of nitrogens with zero attached hydrogens (tertiary/aromatic N) is 1. The molecule has 1 heterocycles. The van der Waals surface area contributed by atoms with Crippen molar-refractivity contribution in [3.8, 4) is 0 Å². The van der Waals surface area contributed by atoms with Gasteiger partial charge in [0.2, 0.25) is 0 Å². The molecule has 1 aromatic heterocycles. The highest BCUT2D eigenvalue weighted by molar-refractivity contribution is 5.85. The molecule has 0 aliphatic rings. The van der Waals surface area contributed by atoms with Crippen LogP contribution in [0, 0.1) is 5.41 Å². The lowest BCUT2D eigenvalue weighted by Gasteiger charge is -2.33. The predicted molar refractivity (Wildman–Crippen MR) is 82.6 cm³/mol. The van der Waals surface area contributed by atoms with E-state index in [1.54, 1.807) is 11.7 Å². The number of benzene rings is 1. The number of aromatic amines is 1. The van der Waals surface area contributed by atoms with E-state index in [4.69, 9.17) is 4.74 Å². The number of ketones is 1. The van der Waals surface area contributed by atoms with Gasteiger partial charge in [-0.05, 0) is 12.1 Å². The van der Waals surface area contributed by atoms with Crippen LogP contribution in [-0.2, 0) is 9.53 Å². The van der Waals surface area contributed by atoms with Gasteiger partial charge in [0.25, 0.3) is 0 Å². The first kappa shape index (κ1) is 15.5. The van der Waals surface area contributed by atoms with Gasteiger partial charge in [-0.2, -0.15) is 0 Å². The maximum absolute atomic E-state index is 12.4. The lowest BCUT2D eigenvalue weighted by Crippen LogP contribution is -2.40. The normalized spacial score (nSPS) is 13.5. The van der Waals surface area contributed by atoms with Crippen LogP contribution in [0.1, 0.15) is 33.2 Å². The summed E-state index contributed by atoms with van der Waals surface area (Å²) in [5.74, 6) is 0.113. The summed E-state index contributed by atoms with van der Waals surface area (Å²) in [5.41, 5.74) is 0.666. The number of rotatable bonds is 6. The van der Waals surface area contributed by atoms with Crippen LogP contribution in [0.15, 0.2) is 29.1 Å². The molecule has 0 fully saturated rings. The van der Waals surface area contributed by atoms with Gasteiger partial charge in [0, 0.05) is 18.9 Å². The number of imidazole rings is 1. The number of para-hydroxylation sites is 2. The topological polar surface area (TPSA) is 64.1 Å². The summed E-state index contributed by atoms with van der Waals surface area (Å²) in [6.45, 7) is 5.89. The fraction of sp³-hybridized carbons (Fsp3) is 0.500. The van der Waals surface area contributed by atoms with E-state index in [0.29, 0.717) is 13.0 Å². The molecule has 0 aliphatic heterocycles. The van der Waals surface area contributed by atoms with Crippen LogP contribution in [0.4, 0.5) is 0 Å². The zero-order chi connectivity index (χ0) is 15.6. The number of methoxy groups -OCH3 is 1. The van der Waals surface area contributed by atoms with E-state index in [-0.39, 0.29) is 17.5 Å². The van der Waals surface area contributed by atoms with Gasteiger partial charge in [-0.3, -0.25) is 9.36 Å². The second kappa shape index (κ2) is 5.85. The fourth-order valence-corrected chi connectivity index (χ4v) is 2.79. The fourth-order valence-electron chi connectivity index (χ4n) is 2.79. The molecule has 2 rings (SSSR count). The number of fused-ring (bicyclic) bond motifs is 1. The zero-order valence-electron chi connectivity index (χ0n) is 13.0. The van der Waals surface area contributed by atoms with Crippen LogP contribution in [0.25, 0.3) is 11.0 Å². The molecule has 1 unspecified atom stereocenters. The van der Waals surface area contributed by atoms with Crippen LogP contribution in [-0.4, -0.2) is 29.1 Å². The molecule has 0 saturated carbocycles. The molecule has 2 aromatic rings. The van der Waals surface area contributed by atoms with Crippen LogP contribution in [0.3, 0.4) is 0 Å². The summed E-state index contributed by atoms with van der Waals surface area (Å²) in [7, 11) is 1.58. The minimum absolute atomic E-state index is 0.113. The maximum atomic E-state index is 12.4. The molecule has 114 valence electrons. The number of hydrogen-bond acceptors (Lipinski definition) is 3. The molecule has 1 N–H and O–H groups in total. The number of carbonyl (C=O) groups excluding carboxylic acids is 1. The lowest BCUT2D eigenvalue weighted by atomic mass is 9.79. The lowest BCUT2D eigenvalue weighted by molar-refractivity contribution is -0.130. The quantitative estimate of drug-likeness (QED) is 0.889. The van der Waals surface area contributed by atoms with Gasteiger partial charge in [-0.25, -0.2) is 4.79 Å². The molecule has 0 spiro atoms. The number of hydrogen-bond donors (Lipinski definition) is 1. The Labute approximate surface area is 123 Å². The van der Waals surface area contributed by atoms with E-state index < -0.39 is 5.41 Å². The van der Waals surface area contributed by atoms with Gasteiger partial charge in [0.1, 0.15) is 5.78 Å². The molecular weight excluding hydrogens is 268 g/mol. The smallest absolute Gasteiger partial charge is 0.326 e. The first-order valence-electron chi connectivity index (χ1n) is 7.15. The minimum atomic E-state index is -0.681. The molecular formula is C16H22N2O3. The van der Waals surface area contributed by atoms with Crippen LogP contribution >= 0.6 is 0 Å². The minimum Gasteiger partial charge on any atom is -0.382 e. The number of nitrogens with one attached hydrogen (secondary N) is 1. The van der Waals surface area contributed by atoms with E-state index in [9.17, 15) is 9.59 Å². The highest BCUT2D eigenvalue weighted by atomic mass is 16.5. The van der Waals surface area contributed by atoms with Crippen LogP contribution in [0.2, 0.25) is 0 Å². The van der Waals surface area contributed by atoms with E-state index in [1.165, 1.54) is 0 Å². The van der Waals surface area contributed by atoms with Crippen molar-refractivity contribution in [3.05, 3.63) is 34.7 Å².